The van der Waals surface area contributed by atoms with E-state index >= 15 is 0 Å². The third-order valence-electron chi connectivity index (χ3n) is 6.46. The number of carbonyl (C=O) groups excluding carboxylic acids is 2. The predicted octanol–water partition coefficient (Wildman–Crippen LogP) is 3.72. The predicted molar refractivity (Wildman–Crippen MR) is 142 cm³/mol. The van der Waals surface area contributed by atoms with Gasteiger partial charge in [-0.25, -0.2) is 0 Å². The van der Waals surface area contributed by atoms with Gasteiger partial charge in [0.1, 0.15) is 11.4 Å². The number of nitro benzene ring substituents is 1. The first-order valence-electron chi connectivity index (χ1n) is 11.7. The fourth-order valence-corrected chi connectivity index (χ4v) is 5.10. The summed E-state index contributed by atoms with van der Waals surface area (Å²) in [5.41, 5.74) is 0.232. The molecule has 2 amide bonds. The number of pyridine rings is 1. The van der Waals surface area contributed by atoms with Crippen molar-refractivity contribution in [1.29, 1.82) is 0 Å². The highest BCUT2D eigenvalue weighted by atomic mass is 79.9. The molecular formula is C25H26BrN5O6. The monoisotopic (exact) mass is 571 g/mol. The van der Waals surface area contributed by atoms with Crippen LogP contribution in [0.5, 0.6) is 5.75 Å². The van der Waals surface area contributed by atoms with Crippen LogP contribution in [0.4, 0.5) is 11.4 Å². The molecular weight excluding hydrogens is 546 g/mol. The maximum absolute atomic E-state index is 13.4. The molecule has 1 heterocycles. The summed E-state index contributed by atoms with van der Waals surface area (Å²) in [6.45, 7) is 0. The van der Waals surface area contributed by atoms with Crippen molar-refractivity contribution in [2.75, 3.05) is 19.5 Å². The smallest absolute Gasteiger partial charge is 0.294 e. The Bertz CT molecular complexity index is 1440. The maximum atomic E-state index is 13.4. The van der Waals surface area contributed by atoms with Crippen molar-refractivity contribution in [2.24, 2.45) is 0 Å². The summed E-state index contributed by atoms with van der Waals surface area (Å²) in [4.78, 5) is 52.2. The number of hydrogen-bond acceptors (Lipinski definition) is 7. The van der Waals surface area contributed by atoms with Gasteiger partial charge in [0.2, 0.25) is 5.56 Å². The minimum atomic E-state index is -0.550. The first kappa shape index (κ1) is 26.1. The van der Waals surface area contributed by atoms with Crippen LogP contribution in [0.3, 0.4) is 0 Å². The number of carbonyl (C=O) groups is 2. The maximum Gasteiger partial charge on any atom is 0.294 e. The standard InChI is InChI=1S/C25H26BrN5O6/c1-27-24(33)17-9-13(26)10-21(31(35)36)23(17)29-19-5-3-4-6-20(19)30-25(34)16-12-22(32)28-18-8-7-14(37-2)11-15(16)18/h7-12,19-20,29H,3-6H2,1-2H3,(H,27,33)(H,28,32)(H,30,34)/t19-,20+/m1/s1. The van der Waals surface area contributed by atoms with Crippen molar-refractivity contribution in [3.05, 3.63) is 72.5 Å². The number of rotatable bonds is 7. The zero-order valence-corrected chi connectivity index (χ0v) is 21.8. The van der Waals surface area contributed by atoms with Crippen LogP contribution in [0, 0.1) is 10.1 Å². The highest BCUT2D eigenvalue weighted by Crippen LogP contribution is 2.35. The van der Waals surface area contributed by atoms with Gasteiger partial charge in [-0.3, -0.25) is 24.5 Å². The van der Waals surface area contributed by atoms with E-state index in [-0.39, 0.29) is 28.5 Å². The average molecular weight is 572 g/mol. The molecule has 4 rings (SSSR count). The zero-order chi connectivity index (χ0) is 26.7. The molecule has 0 aliphatic heterocycles. The molecule has 1 aliphatic rings. The van der Waals surface area contributed by atoms with Crippen LogP contribution in [-0.4, -0.2) is 48.0 Å². The Balaban J connectivity index is 1.68. The molecule has 2 atom stereocenters. The number of nitro groups is 1. The fraction of sp³-hybridized carbons (Fsp3) is 0.320. The zero-order valence-electron chi connectivity index (χ0n) is 20.2. The summed E-state index contributed by atoms with van der Waals surface area (Å²) in [6, 6.07) is 8.34. The largest absolute Gasteiger partial charge is 0.497 e. The van der Waals surface area contributed by atoms with Crippen molar-refractivity contribution in [3.8, 4) is 5.75 Å². The SMILES string of the molecule is CNC(=O)c1cc(Br)cc([N+](=O)[O-])c1N[C@@H]1CCCC[C@@H]1NC(=O)c1cc(=O)[nH]c2ccc(OC)cc12. The molecule has 1 fully saturated rings. The molecule has 1 aliphatic carbocycles. The van der Waals surface area contributed by atoms with Crippen LogP contribution in [0.2, 0.25) is 0 Å². The third-order valence-corrected chi connectivity index (χ3v) is 6.92. The molecule has 0 saturated heterocycles. The van der Waals surface area contributed by atoms with Crippen LogP contribution in [0.15, 0.2) is 45.7 Å². The normalized spacial score (nSPS) is 17.2. The van der Waals surface area contributed by atoms with Gasteiger partial charge in [-0.05, 0) is 37.1 Å². The number of aromatic amines is 1. The van der Waals surface area contributed by atoms with Gasteiger partial charge in [0.15, 0.2) is 0 Å². The molecule has 0 unspecified atom stereocenters. The first-order chi connectivity index (χ1) is 17.7. The lowest BCUT2D eigenvalue weighted by Crippen LogP contribution is -2.49. The van der Waals surface area contributed by atoms with Crippen LogP contribution in [0.25, 0.3) is 10.9 Å². The Morgan fingerprint density at radius 1 is 1.08 bits per heavy atom. The summed E-state index contributed by atoms with van der Waals surface area (Å²) in [6.07, 6.45) is 2.93. The first-order valence-corrected chi connectivity index (χ1v) is 12.5. The summed E-state index contributed by atoms with van der Waals surface area (Å²) in [5.74, 6) is -0.387. The second-order valence-electron chi connectivity index (χ2n) is 8.76. The molecule has 1 aromatic heterocycles. The van der Waals surface area contributed by atoms with Crippen molar-refractivity contribution >= 4 is 50.0 Å². The molecule has 0 bridgehead atoms. The van der Waals surface area contributed by atoms with Gasteiger partial charge in [0.05, 0.1) is 23.2 Å². The topological polar surface area (TPSA) is 155 Å². The van der Waals surface area contributed by atoms with Crippen LogP contribution >= 0.6 is 15.9 Å². The summed E-state index contributed by atoms with van der Waals surface area (Å²) >= 11 is 3.24. The van der Waals surface area contributed by atoms with Gasteiger partial charge < -0.3 is 25.7 Å². The Kier molecular flexibility index (Phi) is 7.77. The van der Waals surface area contributed by atoms with E-state index < -0.39 is 28.3 Å². The van der Waals surface area contributed by atoms with Crippen molar-refractivity contribution in [2.45, 2.75) is 37.8 Å². The van der Waals surface area contributed by atoms with Crippen LogP contribution in [0.1, 0.15) is 46.4 Å². The molecule has 11 nitrogen and oxygen atoms in total. The lowest BCUT2D eigenvalue weighted by atomic mass is 9.89. The Labute approximate surface area is 220 Å². The number of aromatic nitrogens is 1. The Morgan fingerprint density at radius 2 is 1.81 bits per heavy atom. The van der Waals surface area contributed by atoms with Gasteiger partial charge in [-0.15, -0.1) is 0 Å². The Morgan fingerprint density at radius 3 is 2.49 bits per heavy atom. The van der Waals surface area contributed by atoms with E-state index in [0.29, 0.717) is 34.0 Å². The van der Waals surface area contributed by atoms with E-state index in [1.807, 2.05) is 0 Å². The molecule has 2 aromatic carbocycles. The van der Waals surface area contributed by atoms with E-state index in [1.54, 1.807) is 18.2 Å². The molecule has 37 heavy (non-hydrogen) atoms. The fourth-order valence-electron chi connectivity index (χ4n) is 4.66. The molecule has 3 aromatic rings. The molecule has 0 radical (unpaired) electrons. The minimum absolute atomic E-state index is 0.0880. The van der Waals surface area contributed by atoms with Gasteiger partial charge in [-0.1, -0.05) is 28.8 Å². The van der Waals surface area contributed by atoms with Crippen LogP contribution in [-0.2, 0) is 0 Å². The number of methoxy groups -OCH3 is 1. The lowest BCUT2D eigenvalue weighted by Gasteiger charge is -2.34. The quantitative estimate of drug-likeness (QED) is 0.248. The number of fused-ring (bicyclic) bond motifs is 1. The number of amides is 2. The number of ether oxygens (including phenoxy) is 1. The third kappa shape index (κ3) is 5.58. The van der Waals surface area contributed by atoms with E-state index in [2.05, 4.69) is 36.9 Å². The minimum Gasteiger partial charge on any atom is -0.497 e. The van der Waals surface area contributed by atoms with Crippen molar-refractivity contribution in [1.82, 2.24) is 15.6 Å². The van der Waals surface area contributed by atoms with Gasteiger partial charge in [0.25, 0.3) is 17.5 Å². The number of anilines is 1. The van der Waals surface area contributed by atoms with Gasteiger partial charge in [-0.2, -0.15) is 0 Å². The number of H-pyrrole nitrogens is 1. The summed E-state index contributed by atoms with van der Waals surface area (Å²) in [7, 11) is 2.96. The van der Waals surface area contributed by atoms with Gasteiger partial charge in [0, 0.05) is 46.6 Å². The summed E-state index contributed by atoms with van der Waals surface area (Å²) in [5, 5.41) is 21.1. The highest BCUT2D eigenvalue weighted by Gasteiger charge is 2.31. The van der Waals surface area contributed by atoms with E-state index in [1.165, 1.54) is 32.4 Å². The highest BCUT2D eigenvalue weighted by molar-refractivity contribution is 9.10. The van der Waals surface area contributed by atoms with Gasteiger partial charge >= 0.3 is 0 Å². The molecule has 194 valence electrons. The molecule has 12 heteroatoms. The molecule has 4 N–H and O–H groups in total. The second kappa shape index (κ2) is 11.0. The number of halogens is 1. The van der Waals surface area contributed by atoms with Crippen molar-refractivity contribution in [3.63, 3.8) is 0 Å². The average Bonchev–Trinajstić information content (AvgIpc) is 2.88. The lowest BCUT2D eigenvalue weighted by molar-refractivity contribution is -0.384. The summed E-state index contributed by atoms with van der Waals surface area (Å²) < 4.78 is 5.67. The van der Waals surface area contributed by atoms with Crippen molar-refractivity contribution < 1.29 is 19.2 Å². The van der Waals surface area contributed by atoms with Crippen LogP contribution < -0.4 is 26.2 Å². The number of nitrogens with zero attached hydrogens (tertiary/aromatic N) is 1. The molecule has 0 spiro atoms. The second-order valence-corrected chi connectivity index (χ2v) is 9.67. The number of nitrogens with one attached hydrogen (secondary N) is 4. The van der Waals surface area contributed by atoms with E-state index in [0.717, 1.165) is 12.8 Å². The number of hydrogen-bond donors (Lipinski definition) is 4. The molecule has 1 saturated carbocycles. The van der Waals surface area contributed by atoms with E-state index in [4.69, 9.17) is 4.74 Å². The van der Waals surface area contributed by atoms with E-state index in [9.17, 15) is 24.5 Å². The Hall–Kier alpha value is -3.93. The number of benzene rings is 2.